The highest BCUT2D eigenvalue weighted by Crippen LogP contribution is 2.40. The molecule has 0 atom stereocenters. The second kappa shape index (κ2) is 9.30. The highest BCUT2D eigenvalue weighted by molar-refractivity contribution is 7.15. The monoisotopic (exact) mass is 463 g/mol. The summed E-state index contributed by atoms with van der Waals surface area (Å²) < 4.78 is 16.0. The van der Waals surface area contributed by atoms with Crippen LogP contribution in [0.1, 0.15) is 33.2 Å². The van der Waals surface area contributed by atoms with E-state index in [4.69, 9.17) is 13.9 Å². The van der Waals surface area contributed by atoms with Crippen LogP contribution in [-0.4, -0.2) is 25.6 Å². The van der Waals surface area contributed by atoms with E-state index in [1.165, 1.54) is 6.07 Å². The molecule has 0 radical (unpaired) electrons. The molecule has 1 N–H and O–H groups in total. The van der Waals surface area contributed by atoms with Crippen LogP contribution >= 0.6 is 11.3 Å². The Bertz CT molecular complexity index is 1420. The Morgan fingerprint density at radius 2 is 1.88 bits per heavy atom. The van der Waals surface area contributed by atoms with Gasteiger partial charge in [0.05, 0.1) is 13.7 Å². The fourth-order valence-corrected chi connectivity index (χ4v) is 4.42. The zero-order chi connectivity index (χ0) is 23.5. The Balaban J connectivity index is 1.78. The van der Waals surface area contributed by atoms with Crippen LogP contribution in [0.4, 0.5) is 5.00 Å². The topological polar surface area (TPSA) is 94.8 Å². The van der Waals surface area contributed by atoms with Crippen molar-refractivity contribution < 1.29 is 23.5 Å². The number of ether oxygens (including phenoxy) is 2. The molecule has 2 heterocycles. The Labute approximate surface area is 193 Å². The normalized spacial score (nSPS) is 10.8. The van der Waals surface area contributed by atoms with Crippen molar-refractivity contribution in [1.29, 1.82) is 0 Å². The third kappa shape index (κ3) is 4.38. The number of anilines is 1. The zero-order valence-electron chi connectivity index (χ0n) is 18.3. The lowest BCUT2D eigenvalue weighted by Gasteiger charge is -2.12. The molecule has 0 bridgehead atoms. The largest absolute Gasteiger partial charge is 0.496 e. The summed E-state index contributed by atoms with van der Waals surface area (Å²) in [4.78, 5) is 38.3. The SMILES string of the molecule is CCOC(=O)c1c(-c2cc(C)ccc2OC)csc1NC(=O)c1cc2ccccc2oc1=O. The molecule has 0 fully saturated rings. The van der Waals surface area contributed by atoms with Crippen LogP contribution in [0.15, 0.2) is 63.1 Å². The second-order valence-corrected chi connectivity index (χ2v) is 8.10. The first-order chi connectivity index (χ1) is 15.9. The number of esters is 1. The predicted octanol–water partition coefficient (Wildman–Crippen LogP) is 5.27. The van der Waals surface area contributed by atoms with Gasteiger partial charge in [0.25, 0.3) is 5.91 Å². The van der Waals surface area contributed by atoms with Crippen molar-refractivity contribution in [3.05, 3.63) is 81.0 Å². The van der Waals surface area contributed by atoms with Gasteiger partial charge in [0.15, 0.2) is 0 Å². The lowest BCUT2D eigenvalue weighted by atomic mass is 10.0. The van der Waals surface area contributed by atoms with E-state index in [9.17, 15) is 14.4 Å². The van der Waals surface area contributed by atoms with Crippen molar-refractivity contribution in [3.8, 4) is 16.9 Å². The Morgan fingerprint density at radius 1 is 1.09 bits per heavy atom. The number of hydrogen-bond acceptors (Lipinski definition) is 7. The first-order valence-corrected chi connectivity index (χ1v) is 11.1. The van der Waals surface area contributed by atoms with Crippen LogP contribution in [0.3, 0.4) is 0 Å². The molecule has 0 unspecified atom stereocenters. The summed E-state index contributed by atoms with van der Waals surface area (Å²) in [5.41, 5.74) is 1.90. The lowest BCUT2D eigenvalue weighted by molar-refractivity contribution is 0.0529. The van der Waals surface area contributed by atoms with Gasteiger partial charge in [0.2, 0.25) is 0 Å². The van der Waals surface area contributed by atoms with Crippen molar-refractivity contribution in [2.45, 2.75) is 13.8 Å². The van der Waals surface area contributed by atoms with Crippen molar-refractivity contribution in [2.24, 2.45) is 0 Å². The zero-order valence-corrected chi connectivity index (χ0v) is 19.1. The van der Waals surface area contributed by atoms with E-state index < -0.39 is 17.5 Å². The van der Waals surface area contributed by atoms with Gasteiger partial charge in [-0.3, -0.25) is 4.79 Å². The minimum Gasteiger partial charge on any atom is -0.496 e. The number of methoxy groups -OCH3 is 1. The first-order valence-electron chi connectivity index (χ1n) is 10.2. The molecule has 0 aliphatic rings. The van der Waals surface area contributed by atoms with Crippen LogP contribution in [0.2, 0.25) is 0 Å². The van der Waals surface area contributed by atoms with Gasteiger partial charge in [0, 0.05) is 21.9 Å². The number of thiophene rings is 1. The maximum atomic E-state index is 13.0. The molecule has 0 saturated carbocycles. The molecule has 1 amide bonds. The summed E-state index contributed by atoms with van der Waals surface area (Å²) in [6, 6.07) is 14.0. The number of carbonyl (C=O) groups excluding carboxylic acids is 2. The van der Waals surface area contributed by atoms with E-state index in [2.05, 4.69) is 5.32 Å². The molecule has 33 heavy (non-hydrogen) atoms. The average molecular weight is 464 g/mol. The van der Waals surface area contributed by atoms with Crippen molar-refractivity contribution in [3.63, 3.8) is 0 Å². The van der Waals surface area contributed by atoms with Gasteiger partial charge in [-0.25, -0.2) is 9.59 Å². The molecular weight excluding hydrogens is 442 g/mol. The fourth-order valence-electron chi connectivity index (χ4n) is 3.48. The van der Waals surface area contributed by atoms with Crippen LogP contribution in [0.25, 0.3) is 22.1 Å². The minimum atomic E-state index is -0.763. The number of nitrogens with one attached hydrogen (secondary N) is 1. The number of fused-ring (bicyclic) bond motifs is 1. The molecule has 0 aliphatic heterocycles. The molecule has 4 rings (SSSR count). The number of benzene rings is 2. The van der Waals surface area contributed by atoms with Gasteiger partial charge in [-0.15, -0.1) is 11.3 Å². The van der Waals surface area contributed by atoms with Crippen molar-refractivity contribution in [2.75, 3.05) is 19.0 Å². The molecule has 8 heteroatoms. The van der Waals surface area contributed by atoms with Gasteiger partial charge in [0.1, 0.15) is 27.5 Å². The summed E-state index contributed by atoms with van der Waals surface area (Å²) in [6.45, 7) is 3.80. The lowest BCUT2D eigenvalue weighted by Crippen LogP contribution is -2.21. The maximum Gasteiger partial charge on any atom is 0.349 e. The van der Waals surface area contributed by atoms with Crippen molar-refractivity contribution in [1.82, 2.24) is 0 Å². The Kier molecular flexibility index (Phi) is 6.28. The quantitative estimate of drug-likeness (QED) is 0.309. The molecule has 0 spiro atoms. The minimum absolute atomic E-state index is 0.161. The maximum absolute atomic E-state index is 13.0. The molecule has 2 aromatic carbocycles. The number of para-hydroxylation sites is 1. The van der Waals surface area contributed by atoms with Crippen LogP contribution in [0.5, 0.6) is 5.75 Å². The Morgan fingerprint density at radius 3 is 2.64 bits per heavy atom. The van der Waals surface area contributed by atoms with E-state index >= 15 is 0 Å². The van der Waals surface area contributed by atoms with E-state index in [0.29, 0.717) is 27.8 Å². The highest BCUT2D eigenvalue weighted by Gasteiger charge is 2.25. The standard InChI is InChI=1S/C25H21NO6S/c1-4-31-25(29)21-18(16-11-14(2)9-10-20(16)30-3)13-33-23(21)26-22(27)17-12-15-7-5-6-8-19(15)32-24(17)28/h5-13H,4H2,1-3H3,(H,26,27). The molecule has 2 aromatic heterocycles. The van der Waals surface area contributed by atoms with Crippen LogP contribution in [-0.2, 0) is 4.74 Å². The number of hydrogen-bond donors (Lipinski definition) is 1. The summed E-state index contributed by atoms with van der Waals surface area (Å²) in [6.07, 6.45) is 0. The molecule has 168 valence electrons. The van der Waals surface area contributed by atoms with Gasteiger partial charge in [-0.05, 0) is 38.1 Å². The van der Waals surface area contributed by atoms with Gasteiger partial charge >= 0.3 is 11.6 Å². The molecule has 7 nitrogen and oxygen atoms in total. The summed E-state index contributed by atoms with van der Waals surface area (Å²) in [7, 11) is 1.55. The molecule has 0 aliphatic carbocycles. The van der Waals surface area contributed by atoms with E-state index in [-0.39, 0.29) is 22.7 Å². The van der Waals surface area contributed by atoms with Crippen LogP contribution < -0.4 is 15.7 Å². The van der Waals surface area contributed by atoms with E-state index in [1.54, 1.807) is 43.7 Å². The number of carbonyl (C=O) groups is 2. The number of rotatable bonds is 6. The first kappa shape index (κ1) is 22.3. The third-order valence-electron chi connectivity index (χ3n) is 5.03. The molecular formula is C25H21NO6S. The van der Waals surface area contributed by atoms with Gasteiger partial charge in [-0.2, -0.15) is 0 Å². The highest BCUT2D eigenvalue weighted by atomic mass is 32.1. The number of aryl methyl sites for hydroxylation is 1. The summed E-state index contributed by atoms with van der Waals surface area (Å²) in [5, 5.41) is 5.33. The van der Waals surface area contributed by atoms with E-state index in [0.717, 1.165) is 16.9 Å². The molecule has 0 saturated heterocycles. The van der Waals surface area contributed by atoms with Crippen LogP contribution in [0, 0.1) is 6.92 Å². The summed E-state index contributed by atoms with van der Waals surface area (Å²) >= 11 is 1.16. The number of amides is 1. The van der Waals surface area contributed by atoms with Crippen molar-refractivity contribution >= 4 is 39.2 Å². The second-order valence-electron chi connectivity index (χ2n) is 7.22. The van der Waals surface area contributed by atoms with Gasteiger partial charge < -0.3 is 19.2 Å². The smallest absolute Gasteiger partial charge is 0.349 e. The van der Waals surface area contributed by atoms with E-state index in [1.807, 2.05) is 25.1 Å². The Hall–Kier alpha value is -3.91. The van der Waals surface area contributed by atoms with Gasteiger partial charge in [-0.1, -0.05) is 29.8 Å². The predicted molar refractivity (Wildman–Crippen MR) is 127 cm³/mol. The average Bonchev–Trinajstić information content (AvgIpc) is 3.22. The summed E-state index contributed by atoms with van der Waals surface area (Å²) in [5.74, 6) is -0.681. The molecule has 4 aromatic rings. The fraction of sp³-hybridized carbons (Fsp3) is 0.160. The third-order valence-corrected chi connectivity index (χ3v) is 5.92.